The van der Waals surface area contributed by atoms with Crippen LogP contribution in [0.15, 0.2) is 18.2 Å². The van der Waals surface area contributed by atoms with Gasteiger partial charge in [-0.15, -0.1) is 0 Å². The molecule has 1 rings (SSSR count). The van der Waals surface area contributed by atoms with Gasteiger partial charge in [0.05, 0.1) is 29.5 Å². The third kappa shape index (κ3) is 5.61. The van der Waals surface area contributed by atoms with Gasteiger partial charge in [-0.25, -0.2) is 0 Å². The lowest BCUT2D eigenvalue weighted by Crippen LogP contribution is -2.18. The zero-order valence-electron chi connectivity index (χ0n) is 11.1. The summed E-state index contributed by atoms with van der Waals surface area (Å²) >= 11 is 13.1. The number of carbonyl (C=O) groups excluding carboxylic acids is 2. The number of hydrogen-bond acceptors (Lipinski definition) is 4. The van der Waals surface area contributed by atoms with Crippen molar-refractivity contribution in [2.45, 2.75) is 6.92 Å². The Hall–Kier alpha value is -0.910. The monoisotopic (exact) mass is 335 g/mol. The molecule has 4 nitrogen and oxygen atoms in total. The summed E-state index contributed by atoms with van der Waals surface area (Å²) in [6, 6.07) is 4.85. The molecule has 1 unspecified atom stereocenters. The Kier molecular flexibility index (Phi) is 7.19. The highest BCUT2D eigenvalue weighted by molar-refractivity contribution is 8.00. The van der Waals surface area contributed by atoms with E-state index in [-0.39, 0.29) is 23.5 Å². The van der Waals surface area contributed by atoms with Gasteiger partial charge in [0.1, 0.15) is 0 Å². The Morgan fingerprint density at radius 2 is 2.10 bits per heavy atom. The van der Waals surface area contributed by atoms with Crippen molar-refractivity contribution in [3.05, 3.63) is 28.2 Å². The van der Waals surface area contributed by atoms with Gasteiger partial charge in [0, 0.05) is 10.8 Å². The number of ether oxygens (including phenoxy) is 1. The number of anilines is 1. The van der Waals surface area contributed by atoms with Crippen molar-refractivity contribution in [2.24, 2.45) is 5.92 Å². The van der Waals surface area contributed by atoms with Crippen molar-refractivity contribution in [1.82, 2.24) is 0 Å². The number of benzene rings is 1. The molecular weight excluding hydrogens is 321 g/mol. The van der Waals surface area contributed by atoms with Crippen LogP contribution in [-0.4, -0.2) is 30.5 Å². The maximum atomic E-state index is 11.7. The fourth-order valence-corrected chi connectivity index (χ4v) is 2.58. The van der Waals surface area contributed by atoms with E-state index < -0.39 is 0 Å². The van der Waals surface area contributed by atoms with Crippen molar-refractivity contribution in [3.63, 3.8) is 0 Å². The van der Waals surface area contributed by atoms with E-state index in [9.17, 15) is 9.59 Å². The SMILES string of the molecule is COC(=O)C(C)CSCC(=O)Nc1cc(Cl)ccc1Cl. The van der Waals surface area contributed by atoms with Gasteiger partial charge in [-0.1, -0.05) is 30.1 Å². The maximum absolute atomic E-state index is 11.7. The lowest BCUT2D eigenvalue weighted by Gasteiger charge is -2.10. The standard InChI is InChI=1S/C13H15Cl2NO3S/c1-8(13(18)19-2)6-20-7-12(17)16-11-5-9(14)3-4-10(11)15/h3-5,8H,6-7H2,1-2H3,(H,16,17). The number of halogens is 2. The van der Waals surface area contributed by atoms with E-state index in [1.165, 1.54) is 18.9 Å². The highest BCUT2D eigenvalue weighted by atomic mass is 35.5. The van der Waals surface area contributed by atoms with Gasteiger partial charge in [0.25, 0.3) is 0 Å². The predicted molar refractivity (Wildman–Crippen MR) is 83.6 cm³/mol. The molecule has 1 aromatic rings. The first-order valence-electron chi connectivity index (χ1n) is 5.84. The van der Waals surface area contributed by atoms with Crippen molar-refractivity contribution in [3.8, 4) is 0 Å². The molecule has 0 aromatic heterocycles. The van der Waals surface area contributed by atoms with Crippen LogP contribution in [-0.2, 0) is 14.3 Å². The molecule has 110 valence electrons. The summed E-state index contributed by atoms with van der Waals surface area (Å²) in [5.41, 5.74) is 0.478. The Morgan fingerprint density at radius 3 is 2.75 bits per heavy atom. The summed E-state index contributed by atoms with van der Waals surface area (Å²) in [6.45, 7) is 1.75. The first kappa shape index (κ1) is 17.1. The smallest absolute Gasteiger partial charge is 0.309 e. The molecule has 0 aliphatic rings. The topological polar surface area (TPSA) is 55.4 Å². The summed E-state index contributed by atoms with van der Waals surface area (Å²) in [4.78, 5) is 22.9. The first-order valence-corrected chi connectivity index (χ1v) is 7.75. The number of nitrogens with one attached hydrogen (secondary N) is 1. The van der Waals surface area contributed by atoms with E-state index in [0.717, 1.165) is 0 Å². The van der Waals surface area contributed by atoms with Crippen LogP contribution in [0.1, 0.15) is 6.92 Å². The normalized spacial score (nSPS) is 11.8. The van der Waals surface area contributed by atoms with Crippen LogP contribution in [0.4, 0.5) is 5.69 Å². The lowest BCUT2D eigenvalue weighted by atomic mass is 10.2. The minimum absolute atomic E-state index is 0.198. The van der Waals surface area contributed by atoms with E-state index in [4.69, 9.17) is 23.2 Å². The molecule has 1 amide bonds. The van der Waals surface area contributed by atoms with Gasteiger partial charge in [0.15, 0.2) is 0 Å². The van der Waals surface area contributed by atoms with Gasteiger partial charge < -0.3 is 10.1 Å². The van der Waals surface area contributed by atoms with Crippen molar-refractivity contribution >= 4 is 52.5 Å². The van der Waals surface area contributed by atoms with Gasteiger partial charge in [0.2, 0.25) is 5.91 Å². The fourth-order valence-electron chi connectivity index (χ4n) is 1.38. The quantitative estimate of drug-likeness (QED) is 0.808. The van der Waals surface area contributed by atoms with Gasteiger partial charge in [-0.05, 0) is 18.2 Å². The van der Waals surface area contributed by atoms with Gasteiger partial charge >= 0.3 is 5.97 Å². The highest BCUT2D eigenvalue weighted by Crippen LogP contribution is 2.25. The molecule has 1 aromatic carbocycles. The van der Waals surface area contributed by atoms with Crippen molar-refractivity contribution in [1.29, 1.82) is 0 Å². The van der Waals surface area contributed by atoms with Crippen LogP contribution in [0.3, 0.4) is 0 Å². The number of hydrogen-bond donors (Lipinski definition) is 1. The molecular formula is C13H15Cl2NO3S. The maximum Gasteiger partial charge on any atom is 0.309 e. The Balaban J connectivity index is 2.41. The molecule has 0 aliphatic carbocycles. The molecule has 1 N–H and O–H groups in total. The van der Waals surface area contributed by atoms with Crippen LogP contribution in [0.2, 0.25) is 10.0 Å². The van der Waals surface area contributed by atoms with E-state index >= 15 is 0 Å². The second kappa shape index (κ2) is 8.39. The molecule has 7 heteroatoms. The molecule has 0 saturated carbocycles. The number of amides is 1. The number of esters is 1. The fraction of sp³-hybridized carbons (Fsp3) is 0.385. The van der Waals surface area contributed by atoms with Crippen LogP contribution < -0.4 is 5.32 Å². The van der Waals surface area contributed by atoms with Crippen LogP contribution in [0.5, 0.6) is 0 Å². The first-order chi connectivity index (χ1) is 9.43. The van der Waals surface area contributed by atoms with E-state index in [1.807, 2.05) is 0 Å². The number of carbonyl (C=O) groups is 2. The predicted octanol–water partition coefficient (Wildman–Crippen LogP) is 3.47. The van der Waals surface area contributed by atoms with Crippen LogP contribution in [0.25, 0.3) is 0 Å². The number of thioether (sulfide) groups is 1. The third-order valence-electron chi connectivity index (χ3n) is 2.41. The van der Waals surface area contributed by atoms with Crippen molar-refractivity contribution in [2.75, 3.05) is 23.9 Å². The van der Waals surface area contributed by atoms with E-state index in [1.54, 1.807) is 25.1 Å². The number of rotatable bonds is 6. The van der Waals surface area contributed by atoms with Gasteiger partial charge in [-0.2, -0.15) is 11.8 Å². The molecule has 0 radical (unpaired) electrons. The zero-order valence-corrected chi connectivity index (χ0v) is 13.4. The summed E-state index contributed by atoms with van der Waals surface area (Å²) in [5.74, 6) is 0.0210. The second-order valence-electron chi connectivity index (χ2n) is 4.11. The summed E-state index contributed by atoms with van der Waals surface area (Å²) in [7, 11) is 1.34. The zero-order chi connectivity index (χ0) is 15.1. The van der Waals surface area contributed by atoms with Crippen LogP contribution >= 0.6 is 35.0 Å². The highest BCUT2D eigenvalue weighted by Gasteiger charge is 2.14. The second-order valence-corrected chi connectivity index (χ2v) is 5.99. The van der Waals surface area contributed by atoms with Crippen LogP contribution in [0, 0.1) is 5.92 Å². The molecule has 0 saturated heterocycles. The Morgan fingerprint density at radius 1 is 1.40 bits per heavy atom. The summed E-state index contributed by atoms with van der Waals surface area (Å²) in [5, 5.41) is 3.60. The average Bonchev–Trinajstić information content (AvgIpc) is 2.41. The molecule has 0 aliphatic heterocycles. The molecule has 0 spiro atoms. The Bertz CT molecular complexity index is 497. The lowest BCUT2D eigenvalue weighted by molar-refractivity contribution is -0.144. The largest absolute Gasteiger partial charge is 0.469 e. The molecule has 1 atom stereocenters. The Labute approximate surface area is 132 Å². The molecule has 0 fully saturated rings. The van der Waals surface area contributed by atoms with Crippen molar-refractivity contribution < 1.29 is 14.3 Å². The third-order valence-corrected chi connectivity index (χ3v) is 4.17. The van der Waals surface area contributed by atoms with E-state index in [2.05, 4.69) is 10.1 Å². The summed E-state index contributed by atoms with van der Waals surface area (Å²) in [6.07, 6.45) is 0. The minimum atomic E-state index is -0.282. The number of methoxy groups -OCH3 is 1. The summed E-state index contributed by atoms with van der Waals surface area (Å²) < 4.78 is 4.61. The van der Waals surface area contributed by atoms with Gasteiger partial charge in [-0.3, -0.25) is 9.59 Å². The molecule has 20 heavy (non-hydrogen) atoms. The minimum Gasteiger partial charge on any atom is -0.469 e. The molecule has 0 bridgehead atoms. The molecule has 0 heterocycles. The average molecular weight is 336 g/mol. The van der Waals surface area contributed by atoms with E-state index in [0.29, 0.717) is 21.5 Å².